The van der Waals surface area contributed by atoms with Crippen molar-refractivity contribution in [2.24, 2.45) is 0 Å². The van der Waals surface area contributed by atoms with Gasteiger partial charge in [-0.1, -0.05) is 105 Å². The monoisotopic (exact) mass is 602 g/mol. The minimum absolute atomic E-state index is 0.146. The molecule has 0 unspecified atom stereocenters. The molecule has 2 aromatic heterocycles. The highest BCUT2D eigenvalue weighted by molar-refractivity contribution is 6.12. The molecule has 2 heterocycles. The van der Waals surface area contributed by atoms with Gasteiger partial charge in [0.25, 0.3) is 11.2 Å². The number of aromatic nitrogens is 1. The second-order valence-corrected chi connectivity index (χ2v) is 13.4. The summed E-state index contributed by atoms with van der Waals surface area (Å²) in [5.41, 5.74) is 15.9. The van der Waals surface area contributed by atoms with E-state index < -0.39 is 0 Å². The molecule has 0 saturated carbocycles. The van der Waals surface area contributed by atoms with Crippen LogP contribution in [0.5, 0.6) is 0 Å². The van der Waals surface area contributed by atoms with Crippen molar-refractivity contribution in [2.75, 3.05) is 0 Å². The highest BCUT2D eigenvalue weighted by atomic mass is 16.3. The van der Waals surface area contributed by atoms with Crippen LogP contribution >= 0.6 is 0 Å². The number of furan rings is 1. The lowest BCUT2D eigenvalue weighted by Crippen LogP contribution is -2.15. The molecule has 9 aromatic rings. The van der Waals surface area contributed by atoms with E-state index in [0.29, 0.717) is 0 Å². The molecule has 222 valence electrons. The molecule has 10 rings (SSSR count). The summed E-state index contributed by atoms with van der Waals surface area (Å²) >= 11 is 0. The molecule has 1 aliphatic rings. The SMILES string of the molecule is CC1(C)c2cc(-n3c4ccc(-c5ccccc5)cc4c4cc(-c5ccccc5)ccc43)ccc2-c2cc3[oH+]c4ccccc4c3cc21. The van der Waals surface area contributed by atoms with Gasteiger partial charge in [0, 0.05) is 34.0 Å². The molecule has 0 atom stereocenters. The lowest BCUT2D eigenvalue weighted by molar-refractivity contribution is 0.657. The molecule has 2 heteroatoms. The summed E-state index contributed by atoms with van der Waals surface area (Å²) in [7, 11) is 0. The van der Waals surface area contributed by atoms with Crippen molar-refractivity contribution in [3.63, 3.8) is 0 Å². The van der Waals surface area contributed by atoms with Gasteiger partial charge in [0.1, 0.15) is 0 Å². The van der Waals surface area contributed by atoms with Crippen LogP contribution in [0.4, 0.5) is 0 Å². The quantitative estimate of drug-likeness (QED) is 0.179. The molecule has 47 heavy (non-hydrogen) atoms. The number of hydrogen-bond donors (Lipinski definition) is 0. The molecule has 0 spiro atoms. The first-order valence-electron chi connectivity index (χ1n) is 16.4. The van der Waals surface area contributed by atoms with E-state index in [1.165, 1.54) is 82.8 Å². The molecule has 0 radical (unpaired) electrons. The van der Waals surface area contributed by atoms with E-state index in [1.54, 1.807) is 0 Å². The highest BCUT2D eigenvalue weighted by Gasteiger charge is 2.37. The van der Waals surface area contributed by atoms with Crippen LogP contribution < -0.4 is 0 Å². The molecule has 2 nitrogen and oxygen atoms in total. The minimum Gasteiger partial charge on any atom is -0.545 e. The Bertz CT molecular complexity index is 2590. The predicted molar refractivity (Wildman–Crippen MR) is 198 cm³/mol. The number of para-hydroxylation sites is 1. The zero-order chi connectivity index (χ0) is 31.3. The first kappa shape index (κ1) is 26.4. The summed E-state index contributed by atoms with van der Waals surface area (Å²) in [6.07, 6.45) is 0. The summed E-state index contributed by atoms with van der Waals surface area (Å²) < 4.78 is 7.45. The van der Waals surface area contributed by atoms with Gasteiger partial charge in [0.2, 0.25) is 0 Å². The Morgan fingerprint density at radius 2 is 1.02 bits per heavy atom. The van der Waals surface area contributed by atoms with E-state index in [4.69, 9.17) is 4.42 Å². The van der Waals surface area contributed by atoms with Crippen LogP contribution in [-0.4, -0.2) is 4.57 Å². The van der Waals surface area contributed by atoms with Gasteiger partial charge in [-0.15, -0.1) is 0 Å². The summed E-state index contributed by atoms with van der Waals surface area (Å²) in [6, 6.07) is 55.5. The van der Waals surface area contributed by atoms with Gasteiger partial charge in [-0.05, 0) is 93.0 Å². The number of rotatable bonds is 3. The fourth-order valence-corrected chi connectivity index (χ4v) is 8.06. The van der Waals surface area contributed by atoms with Crippen LogP contribution in [0.15, 0.2) is 156 Å². The molecule has 1 aliphatic carbocycles. The second-order valence-electron chi connectivity index (χ2n) is 13.4. The largest absolute Gasteiger partial charge is 0.545 e. The number of hydrogen-bond acceptors (Lipinski definition) is 0. The van der Waals surface area contributed by atoms with E-state index in [1.807, 2.05) is 0 Å². The standard InChI is InChI=1S/C45H31NO/c1-45(2)39-25-32(19-20-33(39)35-27-44-38(26-40(35)45)34-15-9-10-16-43(34)47-44)46-41-21-17-30(28-11-5-3-6-12-28)23-36(41)37-24-31(18-22-42(37)46)29-13-7-4-8-14-29/h3-27H,1-2H3/p+1. The Kier molecular flexibility index (Phi) is 5.37. The van der Waals surface area contributed by atoms with E-state index in [0.717, 1.165) is 11.2 Å². The zero-order valence-electron chi connectivity index (χ0n) is 26.3. The highest BCUT2D eigenvalue weighted by Crippen LogP contribution is 2.51. The maximum absolute atomic E-state index is 4.99. The maximum Gasteiger partial charge on any atom is 0.269 e. The van der Waals surface area contributed by atoms with Crippen molar-refractivity contribution in [2.45, 2.75) is 19.3 Å². The van der Waals surface area contributed by atoms with E-state index in [2.05, 4.69) is 170 Å². The fraction of sp³-hybridized carbons (Fsp3) is 0.0667. The normalized spacial score (nSPS) is 13.5. The summed E-state index contributed by atoms with van der Waals surface area (Å²) in [6.45, 7) is 4.74. The van der Waals surface area contributed by atoms with E-state index in [9.17, 15) is 0 Å². The third-order valence-corrected chi connectivity index (χ3v) is 10.4. The third-order valence-electron chi connectivity index (χ3n) is 10.4. The van der Waals surface area contributed by atoms with Crippen molar-refractivity contribution in [1.82, 2.24) is 4.57 Å². The van der Waals surface area contributed by atoms with Crippen LogP contribution in [0, 0.1) is 0 Å². The average molecular weight is 603 g/mol. The van der Waals surface area contributed by atoms with Crippen molar-refractivity contribution in [1.29, 1.82) is 0 Å². The van der Waals surface area contributed by atoms with Crippen LogP contribution in [-0.2, 0) is 5.41 Å². The fourth-order valence-electron chi connectivity index (χ4n) is 8.06. The molecule has 0 amide bonds. The molecular weight excluding hydrogens is 571 g/mol. The Labute approximate surface area is 273 Å². The Morgan fingerprint density at radius 3 is 1.68 bits per heavy atom. The van der Waals surface area contributed by atoms with Gasteiger partial charge < -0.3 is 8.98 Å². The minimum atomic E-state index is -0.146. The number of benzene rings is 7. The smallest absolute Gasteiger partial charge is 0.269 e. The Morgan fingerprint density at radius 1 is 0.426 bits per heavy atom. The molecule has 0 saturated heterocycles. The number of fused-ring (bicyclic) bond motifs is 9. The predicted octanol–water partition coefficient (Wildman–Crippen LogP) is 12.4. The van der Waals surface area contributed by atoms with Gasteiger partial charge in [0.15, 0.2) is 0 Å². The number of nitrogens with zero attached hydrogens (tertiary/aromatic N) is 1. The van der Waals surface area contributed by atoms with Crippen LogP contribution in [0.3, 0.4) is 0 Å². The average Bonchev–Trinajstić information content (AvgIpc) is 3.72. The van der Waals surface area contributed by atoms with Crippen LogP contribution in [0.2, 0.25) is 0 Å². The van der Waals surface area contributed by atoms with Crippen LogP contribution in [0.1, 0.15) is 25.0 Å². The van der Waals surface area contributed by atoms with Gasteiger partial charge in [-0.2, -0.15) is 0 Å². The first-order chi connectivity index (χ1) is 23.0. The van der Waals surface area contributed by atoms with Crippen LogP contribution in [0.25, 0.3) is 82.8 Å². The summed E-state index contributed by atoms with van der Waals surface area (Å²) in [5, 5.41) is 5.00. The van der Waals surface area contributed by atoms with Crippen molar-refractivity contribution < 1.29 is 4.42 Å². The lowest BCUT2D eigenvalue weighted by Gasteiger charge is -2.22. The molecule has 1 N–H and O–H groups in total. The van der Waals surface area contributed by atoms with Crippen molar-refractivity contribution in [3.8, 4) is 39.1 Å². The van der Waals surface area contributed by atoms with E-state index in [-0.39, 0.29) is 5.41 Å². The van der Waals surface area contributed by atoms with Crippen molar-refractivity contribution >= 4 is 43.7 Å². The van der Waals surface area contributed by atoms with E-state index >= 15 is 0 Å². The first-order valence-corrected chi connectivity index (χ1v) is 16.4. The molecule has 0 aliphatic heterocycles. The van der Waals surface area contributed by atoms with Gasteiger partial charge >= 0.3 is 0 Å². The third kappa shape index (κ3) is 3.79. The van der Waals surface area contributed by atoms with Gasteiger partial charge in [-0.3, -0.25) is 0 Å². The topological polar surface area (TPSA) is 17.7 Å². The van der Waals surface area contributed by atoms with Gasteiger partial charge in [0.05, 0.1) is 21.8 Å². The molecule has 0 bridgehead atoms. The second kappa shape index (κ2) is 9.57. The molecule has 7 aromatic carbocycles. The molecular formula is C45H32NO+. The van der Waals surface area contributed by atoms with Crippen molar-refractivity contribution in [3.05, 3.63) is 163 Å². The van der Waals surface area contributed by atoms with Gasteiger partial charge in [-0.25, -0.2) is 0 Å². The lowest BCUT2D eigenvalue weighted by atomic mass is 9.82. The Hall–Kier alpha value is -5.86. The summed E-state index contributed by atoms with van der Waals surface area (Å²) in [5.74, 6) is 0. The molecule has 0 fully saturated rings. The maximum atomic E-state index is 4.99. The zero-order valence-corrected chi connectivity index (χ0v) is 26.3. The summed E-state index contributed by atoms with van der Waals surface area (Å²) in [4.78, 5) is 0. The Balaban J connectivity index is 1.19.